The van der Waals surface area contributed by atoms with Gasteiger partial charge in [0, 0.05) is 37.1 Å². The Morgan fingerprint density at radius 2 is 2.06 bits per heavy atom. The van der Waals surface area contributed by atoms with Crippen molar-refractivity contribution in [3.63, 3.8) is 0 Å². The molecule has 0 saturated heterocycles. The number of nitrogens with two attached hydrogens (primary N) is 1. The number of nitrogens with zero attached hydrogens (tertiary/aromatic N) is 2. The van der Waals surface area contributed by atoms with Crippen LogP contribution < -0.4 is 5.73 Å². The minimum Gasteiger partial charge on any atom is -0.329 e. The van der Waals surface area contributed by atoms with Crippen molar-refractivity contribution in [3.05, 3.63) is 59.7 Å². The molecule has 0 fully saturated rings. The molecule has 0 spiro atoms. The summed E-state index contributed by atoms with van der Waals surface area (Å²) in [4.78, 5) is 8.00. The summed E-state index contributed by atoms with van der Waals surface area (Å²) in [7, 11) is 0. The van der Waals surface area contributed by atoms with E-state index in [0.717, 1.165) is 6.07 Å². The molecule has 1 heterocycles. The van der Waals surface area contributed by atoms with Gasteiger partial charge in [0.15, 0.2) is 0 Å². The molecule has 5 heteroatoms. The molecule has 0 saturated carbocycles. The number of halogens is 2. The second kappa shape index (κ2) is 4.97. The van der Waals surface area contributed by atoms with Crippen molar-refractivity contribution in [2.24, 2.45) is 5.73 Å². The molecule has 0 aliphatic heterocycles. The number of aromatic nitrogens is 2. The SMILES string of the molecule is NCC(c1cnccn1)c1ccc(F)cc1F. The molecular weight excluding hydrogens is 224 g/mol. The fourth-order valence-corrected chi connectivity index (χ4v) is 1.68. The van der Waals surface area contributed by atoms with Gasteiger partial charge in [0.25, 0.3) is 0 Å². The van der Waals surface area contributed by atoms with Gasteiger partial charge < -0.3 is 5.73 Å². The van der Waals surface area contributed by atoms with Crippen LogP contribution in [0.3, 0.4) is 0 Å². The van der Waals surface area contributed by atoms with Crippen LogP contribution in [0.1, 0.15) is 17.2 Å². The quantitative estimate of drug-likeness (QED) is 0.883. The molecule has 88 valence electrons. The fraction of sp³-hybridized carbons (Fsp3) is 0.167. The van der Waals surface area contributed by atoms with E-state index < -0.39 is 17.6 Å². The van der Waals surface area contributed by atoms with E-state index in [2.05, 4.69) is 9.97 Å². The Hall–Kier alpha value is -1.88. The third-order valence-corrected chi connectivity index (χ3v) is 2.51. The van der Waals surface area contributed by atoms with Crippen molar-refractivity contribution in [3.8, 4) is 0 Å². The zero-order chi connectivity index (χ0) is 12.3. The van der Waals surface area contributed by atoms with Gasteiger partial charge in [0.05, 0.1) is 5.69 Å². The van der Waals surface area contributed by atoms with Crippen LogP contribution in [0.15, 0.2) is 36.8 Å². The van der Waals surface area contributed by atoms with Crippen LogP contribution >= 0.6 is 0 Å². The summed E-state index contributed by atoms with van der Waals surface area (Å²) < 4.78 is 26.4. The lowest BCUT2D eigenvalue weighted by Crippen LogP contribution is -2.16. The second-order valence-electron chi connectivity index (χ2n) is 3.58. The molecule has 2 N–H and O–H groups in total. The average molecular weight is 235 g/mol. The summed E-state index contributed by atoms with van der Waals surface area (Å²) in [6, 6.07) is 3.43. The van der Waals surface area contributed by atoms with Crippen molar-refractivity contribution in [2.45, 2.75) is 5.92 Å². The van der Waals surface area contributed by atoms with Crippen LogP contribution in [0.25, 0.3) is 0 Å². The summed E-state index contributed by atoms with van der Waals surface area (Å²) in [5, 5.41) is 0. The van der Waals surface area contributed by atoms with E-state index in [1.165, 1.54) is 30.7 Å². The van der Waals surface area contributed by atoms with E-state index >= 15 is 0 Å². The molecule has 0 aliphatic rings. The first kappa shape index (κ1) is 11.6. The van der Waals surface area contributed by atoms with Crippen LogP contribution in [0.2, 0.25) is 0 Å². The molecule has 0 radical (unpaired) electrons. The summed E-state index contributed by atoms with van der Waals surface area (Å²) >= 11 is 0. The zero-order valence-corrected chi connectivity index (χ0v) is 8.98. The highest BCUT2D eigenvalue weighted by Gasteiger charge is 2.18. The first-order chi connectivity index (χ1) is 8.22. The largest absolute Gasteiger partial charge is 0.329 e. The van der Waals surface area contributed by atoms with Gasteiger partial charge in [-0.25, -0.2) is 8.78 Å². The van der Waals surface area contributed by atoms with Crippen molar-refractivity contribution < 1.29 is 8.78 Å². The maximum atomic E-state index is 13.6. The van der Waals surface area contributed by atoms with Gasteiger partial charge in [0.2, 0.25) is 0 Å². The predicted molar refractivity (Wildman–Crippen MR) is 59.3 cm³/mol. The van der Waals surface area contributed by atoms with Gasteiger partial charge in [-0.15, -0.1) is 0 Å². The Morgan fingerprint density at radius 1 is 1.24 bits per heavy atom. The molecule has 0 amide bonds. The van der Waals surface area contributed by atoms with Gasteiger partial charge >= 0.3 is 0 Å². The smallest absolute Gasteiger partial charge is 0.130 e. The number of hydrogen-bond donors (Lipinski definition) is 1. The first-order valence-corrected chi connectivity index (χ1v) is 5.13. The topological polar surface area (TPSA) is 51.8 Å². The molecule has 1 unspecified atom stereocenters. The first-order valence-electron chi connectivity index (χ1n) is 5.13. The lowest BCUT2D eigenvalue weighted by Gasteiger charge is -2.14. The fourth-order valence-electron chi connectivity index (χ4n) is 1.68. The molecule has 17 heavy (non-hydrogen) atoms. The van der Waals surface area contributed by atoms with E-state index in [4.69, 9.17) is 5.73 Å². The monoisotopic (exact) mass is 235 g/mol. The van der Waals surface area contributed by atoms with Gasteiger partial charge in [-0.1, -0.05) is 6.07 Å². The van der Waals surface area contributed by atoms with Crippen LogP contribution in [0.5, 0.6) is 0 Å². The van der Waals surface area contributed by atoms with E-state index in [1.807, 2.05) is 0 Å². The van der Waals surface area contributed by atoms with Crippen molar-refractivity contribution in [2.75, 3.05) is 6.54 Å². The molecular formula is C12H11F2N3. The third kappa shape index (κ3) is 2.45. The Bertz CT molecular complexity index is 502. The van der Waals surface area contributed by atoms with E-state index in [0.29, 0.717) is 11.3 Å². The Kier molecular flexibility index (Phi) is 3.39. The minimum atomic E-state index is -0.619. The lowest BCUT2D eigenvalue weighted by molar-refractivity contribution is 0.562. The van der Waals surface area contributed by atoms with Crippen molar-refractivity contribution in [1.29, 1.82) is 0 Å². The third-order valence-electron chi connectivity index (χ3n) is 2.51. The highest BCUT2D eigenvalue weighted by molar-refractivity contribution is 5.29. The van der Waals surface area contributed by atoms with Crippen LogP contribution in [0, 0.1) is 11.6 Å². The van der Waals surface area contributed by atoms with Gasteiger partial charge in [-0.05, 0) is 11.6 Å². The van der Waals surface area contributed by atoms with Gasteiger partial charge in [-0.3, -0.25) is 9.97 Å². The molecule has 2 rings (SSSR count). The molecule has 0 bridgehead atoms. The summed E-state index contributed by atoms with van der Waals surface area (Å²) in [5.41, 5.74) is 6.51. The van der Waals surface area contributed by atoms with Crippen LogP contribution in [0.4, 0.5) is 8.78 Å². The zero-order valence-electron chi connectivity index (χ0n) is 8.98. The maximum absolute atomic E-state index is 13.6. The van der Waals surface area contributed by atoms with Crippen LogP contribution in [-0.2, 0) is 0 Å². The molecule has 1 aromatic carbocycles. The molecule has 3 nitrogen and oxygen atoms in total. The van der Waals surface area contributed by atoms with Gasteiger partial charge in [0.1, 0.15) is 11.6 Å². The second-order valence-corrected chi connectivity index (χ2v) is 3.58. The van der Waals surface area contributed by atoms with Crippen molar-refractivity contribution in [1.82, 2.24) is 9.97 Å². The Morgan fingerprint density at radius 3 is 2.65 bits per heavy atom. The molecule has 1 aromatic heterocycles. The number of benzene rings is 1. The minimum absolute atomic E-state index is 0.182. The van der Waals surface area contributed by atoms with E-state index in [9.17, 15) is 8.78 Å². The van der Waals surface area contributed by atoms with Crippen LogP contribution in [-0.4, -0.2) is 16.5 Å². The molecule has 2 aromatic rings. The summed E-state index contributed by atoms with van der Waals surface area (Å²) in [6.45, 7) is 0.182. The number of hydrogen-bond acceptors (Lipinski definition) is 3. The standard InChI is InChI=1S/C12H11F2N3/c13-8-1-2-9(11(14)5-8)10(6-15)12-7-16-3-4-17-12/h1-5,7,10H,6,15H2. The molecule has 0 aliphatic carbocycles. The maximum Gasteiger partial charge on any atom is 0.130 e. The highest BCUT2D eigenvalue weighted by Crippen LogP contribution is 2.24. The van der Waals surface area contributed by atoms with E-state index in [1.54, 1.807) is 0 Å². The van der Waals surface area contributed by atoms with E-state index in [-0.39, 0.29) is 6.54 Å². The Balaban J connectivity index is 2.42. The normalized spacial score (nSPS) is 12.4. The Labute approximate surface area is 97.3 Å². The summed E-state index contributed by atoms with van der Waals surface area (Å²) in [5.74, 6) is -1.64. The van der Waals surface area contributed by atoms with Crippen molar-refractivity contribution >= 4 is 0 Å². The summed E-state index contributed by atoms with van der Waals surface area (Å²) in [6.07, 6.45) is 4.57. The lowest BCUT2D eigenvalue weighted by atomic mass is 9.95. The highest BCUT2D eigenvalue weighted by atomic mass is 19.1. The van der Waals surface area contributed by atoms with Gasteiger partial charge in [-0.2, -0.15) is 0 Å². The molecule has 1 atom stereocenters. The number of rotatable bonds is 3. The average Bonchev–Trinajstić information content (AvgIpc) is 2.34. The predicted octanol–water partition coefficient (Wildman–Crippen LogP) is 1.85.